The lowest BCUT2D eigenvalue weighted by atomic mass is 10.1. The van der Waals surface area contributed by atoms with E-state index in [-0.39, 0.29) is 5.56 Å². The maximum atomic E-state index is 13.9. The largest absolute Gasteiger partial charge is 0.431 e. The van der Waals surface area contributed by atoms with E-state index in [4.69, 9.17) is 15.4 Å². The van der Waals surface area contributed by atoms with E-state index in [0.717, 1.165) is 0 Å². The van der Waals surface area contributed by atoms with E-state index in [9.17, 15) is 4.39 Å². The fourth-order valence-electron chi connectivity index (χ4n) is 1.90. The summed E-state index contributed by atoms with van der Waals surface area (Å²) < 4.78 is 19.5. The highest BCUT2D eigenvalue weighted by Gasteiger charge is 2.11. The van der Waals surface area contributed by atoms with E-state index >= 15 is 0 Å². The maximum absolute atomic E-state index is 13.9. The number of rotatable bonds is 3. The molecule has 4 nitrogen and oxygen atoms in total. The van der Waals surface area contributed by atoms with Gasteiger partial charge in [0.1, 0.15) is 17.4 Å². The smallest absolute Gasteiger partial charge is 0.257 e. The fraction of sp³-hybridized carbons (Fsp3) is 0.0667. The van der Waals surface area contributed by atoms with Crippen molar-refractivity contribution in [1.29, 1.82) is 5.26 Å². The van der Waals surface area contributed by atoms with E-state index in [1.54, 1.807) is 30.3 Å². The minimum atomic E-state index is -0.493. The molecule has 0 atom stereocenters. The normalized spacial score (nSPS) is 10.7. The number of anilines is 1. The Bertz CT molecular complexity index is 854. The second kappa shape index (κ2) is 5.46. The van der Waals surface area contributed by atoms with Crippen molar-refractivity contribution in [3.05, 3.63) is 53.3 Å². The number of nitrogens with zero attached hydrogens (tertiary/aromatic N) is 2. The molecule has 0 radical (unpaired) electrons. The van der Waals surface area contributed by atoms with E-state index in [2.05, 4.69) is 4.98 Å². The van der Waals surface area contributed by atoms with Gasteiger partial charge in [0.05, 0.1) is 5.56 Å². The molecule has 1 heterocycles. The van der Waals surface area contributed by atoms with Gasteiger partial charge in [-0.05, 0) is 23.8 Å². The summed E-state index contributed by atoms with van der Waals surface area (Å²) >= 11 is 1.27. The Balaban J connectivity index is 1.82. The Morgan fingerprint density at radius 3 is 3.00 bits per heavy atom. The van der Waals surface area contributed by atoms with Crippen LogP contribution < -0.4 is 5.73 Å². The predicted molar refractivity (Wildman–Crippen MR) is 79.1 cm³/mol. The SMILES string of the molecule is N#Cc1cccc(CSc2nc3ccc(N)cc3o2)c1F. The highest BCUT2D eigenvalue weighted by Crippen LogP contribution is 2.28. The number of hydrogen-bond donors (Lipinski definition) is 1. The van der Waals surface area contributed by atoms with E-state index in [1.165, 1.54) is 17.8 Å². The Labute approximate surface area is 124 Å². The van der Waals surface area contributed by atoms with Crippen LogP contribution in [0.4, 0.5) is 10.1 Å². The number of halogens is 1. The molecule has 0 fully saturated rings. The zero-order valence-electron chi connectivity index (χ0n) is 10.8. The average molecular weight is 299 g/mol. The van der Waals surface area contributed by atoms with Crippen molar-refractivity contribution < 1.29 is 8.81 Å². The van der Waals surface area contributed by atoms with Crippen LogP contribution in [-0.2, 0) is 5.75 Å². The maximum Gasteiger partial charge on any atom is 0.257 e. The van der Waals surface area contributed by atoms with Crippen LogP contribution in [0.5, 0.6) is 0 Å². The van der Waals surface area contributed by atoms with E-state index < -0.39 is 5.82 Å². The van der Waals surface area contributed by atoms with E-state index in [0.29, 0.717) is 33.3 Å². The number of nitrogens with two attached hydrogens (primary N) is 1. The van der Waals surface area contributed by atoms with Gasteiger partial charge in [-0.15, -0.1) is 0 Å². The molecule has 2 aromatic carbocycles. The highest BCUT2D eigenvalue weighted by atomic mass is 32.2. The second-order valence-corrected chi connectivity index (χ2v) is 5.31. The summed E-state index contributed by atoms with van der Waals surface area (Å²) in [5.74, 6) is -0.156. The zero-order valence-corrected chi connectivity index (χ0v) is 11.7. The van der Waals surface area contributed by atoms with Crippen molar-refractivity contribution in [2.75, 3.05) is 5.73 Å². The van der Waals surface area contributed by atoms with Gasteiger partial charge in [-0.3, -0.25) is 0 Å². The number of nitriles is 1. The van der Waals surface area contributed by atoms with Crippen molar-refractivity contribution in [2.24, 2.45) is 0 Å². The number of hydrogen-bond acceptors (Lipinski definition) is 5. The lowest BCUT2D eigenvalue weighted by Gasteiger charge is -2.01. The van der Waals surface area contributed by atoms with Crippen LogP contribution >= 0.6 is 11.8 Å². The van der Waals surface area contributed by atoms with Crippen molar-refractivity contribution in [1.82, 2.24) is 4.98 Å². The lowest BCUT2D eigenvalue weighted by molar-refractivity contribution is 0.489. The van der Waals surface area contributed by atoms with Crippen molar-refractivity contribution >= 4 is 28.5 Å². The number of nitrogen functional groups attached to an aromatic ring is 1. The Morgan fingerprint density at radius 2 is 2.19 bits per heavy atom. The number of benzene rings is 2. The minimum absolute atomic E-state index is 0.0402. The number of thioether (sulfide) groups is 1. The van der Waals surface area contributed by atoms with Crippen molar-refractivity contribution in [3.63, 3.8) is 0 Å². The van der Waals surface area contributed by atoms with Gasteiger partial charge >= 0.3 is 0 Å². The topological polar surface area (TPSA) is 75.8 Å². The van der Waals surface area contributed by atoms with Crippen molar-refractivity contribution in [3.8, 4) is 6.07 Å². The summed E-state index contributed by atoms with van der Waals surface area (Å²) in [6.45, 7) is 0. The summed E-state index contributed by atoms with van der Waals surface area (Å²) in [4.78, 5) is 4.29. The molecule has 0 saturated heterocycles. The Morgan fingerprint density at radius 1 is 1.33 bits per heavy atom. The monoisotopic (exact) mass is 299 g/mol. The summed E-state index contributed by atoms with van der Waals surface area (Å²) in [6.07, 6.45) is 0. The van der Waals surface area contributed by atoms with E-state index in [1.807, 2.05) is 6.07 Å². The first-order chi connectivity index (χ1) is 10.2. The third-order valence-electron chi connectivity index (χ3n) is 2.94. The molecule has 0 spiro atoms. The standard InChI is InChI=1S/C15H10FN3OS/c16-14-9(7-17)2-1-3-10(14)8-21-15-19-12-5-4-11(18)6-13(12)20-15/h1-6H,8,18H2. The molecule has 0 unspecified atom stereocenters. The predicted octanol–water partition coefficient (Wildman–Crippen LogP) is 3.71. The molecule has 3 rings (SSSR count). The van der Waals surface area contributed by atoms with Crippen molar-refractivity contribution in [2.45, 2.75) is 11.0 Å². The van der Waals surface area contributed by atoms with Crippen LogP contribution in [0.3, 0.4) is 0 Å². The van der Waals surface area contributed by atoms with Gasteiger partial charge in [0.2, 0.25) is 0 Å². The summed E-state index contributed by atoms with van der Waals surface area (Å²) in [7, 11) is 0. The third-order valence-corrected chi connectivity index (χ3v) is 3.82. The quantitative estimate of drug-likeness (QED) is 0.589. The zero-order chi connectivity index (χ0) is 14.8. The van der Waals surface area contributed by atoms with Crippen LogP contribution in [0.1, 0.15) is 11.1 Å². The molecule has 1 aromatic heterocycles. The molecule has 2 N–H and O–H groups in total. The molecular formula is C15H10FN3OS. The number of oxazole rings is 1. The summed E-state index contributed by atoms with van der Waals surface area (Å²) in [6, 6.07) is 11.8. The average Bonchev–Trinajstić information content (AvgIpc) is 2.88. The van der Waals surface area contributed by atoms with Crippen LogP contribution in [0.15, 0.2) is 46.0 Å². The lowest BCUT2D eigenvalue weighted by Crippen LogP contribution is -1.91. The molecule has 0 aliphatic heterocycles. The van der Waals surface area contributed by atoms with Gasteiger partial charge in [0.25, 0.3) is 5.22 Å². The molecular weight excluding hydrogens is 289 g/mol. The van der Waals surface area contributed by atoms with Gasteiger partial charge in [-0.25, -0.2) is 9.37 Å². The van der Waals surface area contributed by atoms with Gasteiger partial charge < -0.3 is 10.2 Å². The third kappa shape index (κ3) is 2.69. The number of fused-ring (bicyclic) bond motifs is 1. The molecule has 0 saturated carbocycles. The molecule has 21 heavy (non-hydrogen) atoms. The molecule has 0 bridgehead atoms. The Hall–Kier alpha value is -2.52. The first-order valence-electron chi connectivity index (χ1n) is 6.14. The Kier molecular flexibility index (Phi) is 3.50. The second-order valence-electron chi connectivity index (χ2n) is 4.39. The summed E-state index contributed by atoms with van der Waals surface area (Å²) in [5, 5.41) is 9.25. The molecule has 3 aromatic rings. The first kappa shape index (κ1) is 13.5. The molecule has 6 heteroatoms. The van der Waals surface area contributed by atoms with Crippen LogP contribution in [-0.4, -0.2) is 4.98 Å². The fourth-order valence-corrected chi connectivity index (χ4v) is 2.71. The van der Waals surface area contributed by atoms with Gasteiger partial charge in [-0.1, -0.05) is 23.9 Å². The van der Waals surface area contributed by atoms with Gasteiger partial charge in [0, 0.05) is 17.5 Å². The summed E-state index contributed by atoms with van der Waals surface area (Å²) in [5.41, 5.74) is 8.07. The first-order valence-corrected chi connectivity index (χ1v) is 7.12. The van der Waals surface area contributed by atoms with Crippen LogP contribution in [0, 0.1) is 17.1 Å². The molecule has 0 amide bonds. The van der Waals surface area contributed by atoms with Gasteiger partial charge in [-0.2, -0.15) is 5.26 Å². The number of aromatic nitrogens is 1. The van der Waals surface area contributed by atoms with Gasteiger partial charge in [0.15, 0.2) is 5.58 Å². The molecule has 0 aliphatic rings. The minimum Gasteiger partial charge on any atom is -0.431 e. The van der Waals surface area contributed by atoms with Crippen LogP contribution in [0.25, 0.3) is 11.1 Å². The highest BCUT2D eigenvalue weighted by molar-refractivity contribution is 7.98. The van der Waals surface area contributed by atoms with Crippen LogP contribution in [0.2, 0.25) is 0 Å². The molecule has 0 aliphatic carbocycles. The molecule has 104 valence electrons.